The van der Waals surface area contributed by atoms with Crippen LogP contribution < -0.4 is 0 Å². The lowest BCUT2D eigenvalue weighted by atomic mass is 9.93. The third-order valence-corrected chi connectivity index (χ3v) is 5.45. The first-order valence-corrected chi connectivity index (χ1v) is 10.1. The number of morpholine rings is 1. The molecule has 7 heteroatoms. The minimum atomic E-state index is -0.491. The molecule has 7 nitrogen and oxygen atoms in total. The highest BCUT2D eigenvalue weighted by atomic mass is 16.6. The molecule has 1 saturated carbocycles. The number of amides is 2. The summed E-state index contributed by atoms with van der Waals surface area (Å²) in [6.45, 7) is 8.22. The van der Waals surface area contributed by atoms with Gasteiger partial charge in [-0.3, -0.25) is 9.59 Å². The van der Waals surface area contributed by atoms with Gasteiger partial charge in [-0.2, -0.15) is 0 Å². The molecule has 0 N–H and O–H groups in total. The maximum Gasteiger partial charge on any atom is 0.410 e. The van der Waals surface area contributed by atoms with Gasteiger partial charge in [0.1, 0.15) is 11.7 Å². The summed E-state index contributed by atoms with van der Waals surface area (Å²) in [6, 6.07) is 0. The van der Waals surface area contributed by atoms with E-state index in [4.69, 9.17) is 9.47 Å². The fourth-order valence-electron chi connectivity index (χ4n) is 3.70. The fourth-order valence-corrected chi connectivity index (χ4v) is 3.70. The zero-order valence-electron chi connectivity index (χ0n) is 16.7. The number of carbonyl (C=O) groups is 3. The highest BCUT2D eigenvalue weighted by Gasteiger charge is 2.38. The van der Waals surface area contributed by atoms with Gasteiger partial charge in [-0.05, 0) is 52.4 Å². The first-order valence-electron chi connectivity index (χ1n) is 10.1. The topological polar surface area (TPSA) is 76.2 Å². The van der Waals surface area contributed by atoms with Crippen LogP contribution in [0.1, 0.15) is 52.9 Å². The van der Waals surface area contributed by atoms with E-state index in [0.29, 0.717) is 39.2 Å². The van der Waals surface area contributed by atoms with E-state index in [1.807, 2.05) is 20.8 Å². The van der Waals surface area contributed by atoms with Crippen molar-refractivity contribution in [1.29, 1.82) is 0 Å². The molecule has 0 aromatic rings. The number of carbonyl (C=O) groups excluding carboxylic acids is 3. The lowest BCUT2D eigenvalue weighted by molar-refractivity contribution is -0.147. The van der Waals surface area contributed by atoms with Crippen molar-refractivity contribution in [3.05, 3.63) is 0 Å². The van der Waals surface area contributed by atoms with Crippen LogP contribution >= 0.6 is 0 Å². The van der Waals surface area contributed by atoms with Gasteiger partial charge in [-0.15, -0.1) is 0 Å². The van der Waals surface area contributed by atoms with E-state index in [1.165, 1.54) is 0 Å². The Kier molecular flexibility index (Phi) is 6.08. The zero-order valence-corrected chi connectivity index (χ0v) is 16.7. The van der Waals surface area contributed by atoms with E-state index in [1.54, 1.807) is 9.80 Å². The van der Waals surface area contributed by atoms with Gasteiger partial charge >= 0.3 is 6.09 Å². The molecule has 0 unspecified atom stereocenters. The molecule has 0 aromatic carbocycles. The van der Waals surface area contributed by atoms with Crippen molar-refractivity contribution in [2.75, 3.05) is 32.8 Å². The molecule has 3 aliphatic rings. The van der Waals surface area contributed by atoms with Gasteiger partial charge in [0.25, 0.3) is 0 Å². The summed E-state index contributed by atoms with van der Waals surface area (Å²) in [4.78, 5) is 40.5. The molecule has 1 atom stereocenters. The predicted octanol–water partition coefficient (Wildman–Crippen LogP) is 2.23. The van der Waals surface area contributed by atoms with Crippen LogP contribution in [0.4, 0.5) is 4.79 Å². The van der Waals surface area contributed by atoms with Crippen LogP contribution in [0.25, 0.3) is 0 Å². The van der Waals surface area contributed by atoms with Gasteiger partial charge in [0.15, 0.2) is 5.78 Å². The number of piperidine rings is 1. The van der Waals surface area contributed by atoms with Crippen LogP contribution in [0, 0.1) is 11.8 Å². The predicted molar refractivity (Wildman–Crippen MR) is 99.2 cm³/mol. The van der Waals surface area contributed by atoms with Crippen LogP contribution in [0.15, 0.2) is 0 Å². The number of rotatable bonds is 4. The number of ketones is 1. The van der Waals surface area contributed by atoms with Gasteiger partial charge < -0.3 is 19.3 Å². The highest BCUT2D eigenvalue weighted by molar-refractivity contribution is 5.88. The molecule has 0 spiro atoms. The Morgan fingerprint density at radius 1 is 1.00 bits per heavy atom. The van der Waals surface area contributed by atoms with Crippen LogP contribution in [0.3, 0.4) is 0 Å². The zero-order chi connectivity index (χ0) is 19.6. The summed E-state index contributed by atoms with van der Waals surface area (Å²) in [6.07, 6.45) is 3.30. The largest absolute Gasteiger partial charge is 0.444 e. The standard InChI is InChI=1S/C20H32N2O5/c1-20(2,3)27-19(25)21-8-6-14(7-9-21)12-17(23)22-10-11-26-16(13-22)18(24)15-4-5-15/h14-16H,4-13H2,1-3H3/t16-/m0/s1. The number of hydrogen-bond acceptors (Lipinski definition) is 5. The van der Waals surface area contributed by atoms with Crippen molar-refractivity contribution in [2.45, 2.75) is 64.6 Å². The van der Waals surface area contributed by atoms with Crippen LogP contribution in [-0.4, -0.2) is 72.1 Å². The number of likely N-dealkylation sites (tertiary alicyclic amines) is 1. The van der Waals surface area contributed by atoms with Gasteiger partial charge in [-0.25, -0.2) is 4.79 Å². The Bertz CT molecular complexity index is 573. The Morgan fingerprint density at radius 2 is 1.67 bits per heavy atom. The summed E-state index contributed by atoms with van der Waals surface area (Å²) >= 11 is 0. The number of hydrogen-bond donors (Lipinski definition) is 0. The van der Waals surface area contributed by atoms with Gasteiger partial charge in [-0.1, -0.05) is 0 Å². The normalized spacial score (nSPS) is 24.6. The van der Waals surface area contributed by atoms with Crippen molar-refractivity contribution in [3.8, 4) is 0 Å². The lowest BCUT2D eigenvalue weighted by Gasteiger charge is -2.35. The average molecular weight is 380 g/mol. The van der Waals surface area contributed by atoms with E-state index < -0.39 is 11.7 Å². The van der Waals surface area contributed by atoms with Gasteiger partial charge in [0.2, 0.25) is 5.91 Å². The molecule has 2 aliphatic heterocycles. The molecule has 2 amide bonds. The van der Waals surface area contributed by atoms with Crippen LogP contribution in [-0.2, 0) is 19.1 Å². The molecule has 152 valence electrons. The lowest BCUT2D eigenvalue weighted by Crippen LogP contribution is -2.49. The van der Waals surface area contributed by atoms with Crippen molar-refractivity contribution in [3.63, 3.8) is 0 Å². The first kappa shape index (κ1) is 20.1. The molecule has 2 saturated heterocycles. The Hall–Kier alpha value is -1.63. The average Bonchev–Trinajstić information content (AvgIpc) is 3.45. The van der Waals surface area contributed by atoms with Crippen LogP contribution in [0.2, 0.25) is 0 Å². The van der Waals surface area contributed by atoms with Crippen molar-refractivity contribution in [1.82, 2.24) is 9.80 Å². The van der Waals surface area contributed by atoms with Crippen LogP contribution in [0.5, 0.6) is 0 Å². The molecule has 0 aromatic heterocycles. The third-order valence-electron chi connectivity index (χ3n) is 5.45. The summed E-state index contributed by atoms with van der Waals surface area (Å²) in [5, 5.41) is 0. The molecule has 1 aliphatic carbocycles. The molecule has 27 heavy (non-hydrogen) atoms. The summed E-state index contributed by atoms with van der Waals surface area (Å²) < 4.78 is 11.0. The van der Waals surface area contributed by atoms with E-state index in [2.05, 4.69) is 0 Å². The molecule has 2 heterocycles. The summed E-state index contributed by atoms with van der Waals surface area (Å²) in [7, 11) is 0. The smallest absolute Gasteiger partial charge is 0.410 e. The molecule has 3 fully saturated rings. The van der Waals surface area contributed by atoms with Gasteiger partial charge in [0.05, 0.1) is 13.2 Å². The van der Waals surface area contributed by atoms with Crippen molar-refractivity contribution < 1.29 is 23.9 Å². The number of nitrogens with zero attached hydrogens (tertiary/aromatic N) is 2. The van der Waals surface area contributed by atoms with E-state index >= 15 is 0 Å². The second-order valence-electron chi connectivity index (χ2n) is 8.99. The first-order chi connectivity index (χ1) is 12.7. The maximum atomic E-state index is 12.7. The van der Waals surface area contributed by atoms with Crippen molar-refractivity contribution in [2.24, 2.45) is 11.8 Å². The number of ether oxygens (including phenoxy) is 2. The minimum absolute atomic E-state index is 0.0996. The SMILES string of the molecule is CC(C)(C)OC(=O)N1CCC(CC(=O)N2CCO[C@H](C(=O)C3CC3)C2)CC1. The molecule has 0 bridgehead atoms. The highest BCUT2D eigenvalue weighted by Crippen LogP contribution is 2.32. The van der Waals surface area contributed by atoms with E-state index in [0.717, 1.165) is 25.7 Å². The molecular weight excluding hydrogens is 348 g/mol. The minimum Gasteiger partial charge on any atom is -0.444 e. The third kappa shape index (κ3) is 5.67. The molecule has 3 rings (SSSR count). The Balaban J connectivity index is 1.42. The van der Waals surface area contributed by atoms with E-state index in [9.17, 15) is 14.4 Å². The molecular formula is C20H32N2O5. The molecule has 0 radical (unpaired) electrons. The summed E-state index contributed by atoms with van der Waals surface area (Å²) in [5.74, 6) is 0.694. The van der Waals surface area contributed by atoms with E-state index in [-0.39, 0.29) is 29.6 Å². The maximum absolute atomic E-state index is 12.7. The summed E-state index contributed by atoms with van der Waals surface area (Å²) in [5.41, 5.74) is -0.491. The second-order valence-corrected chi connectivity index (χ2v) is 8.99. The second kappa shape index (κ2) is 8.17. The number of Topliss-reactive ketones (excluding diaryl/α,β-unsaturated/α-hetero) is 1. The quantitative estimate of drug-likeness (QED) is 0.748. The van der Waals surface area contributed by atoms with Crippen molar-refractivity contribution >= 4 is 17.8 Å². The Labute approximate surface area is 161 Å². The fraction of sp³-hybridized carbons (Fsp3) is 0.850. The van der Waals surface area contributed by atoms with Gasteiger partial charge in [0, 0.05) is 32.0 Å². The Morgan fingerprint density at radius 3 is 2.26 bits per heavy atom. The monoisotopic (exact) mass is 380 g/mol.